The van der Waals surface area contributed by atoms with Gasteiger partial charge < -0.3 is 5.32 Å². The number of halogens is 1. The van der Waals surface area contributed by atoms with Gasteiger partial charge in [-0.2, -0.15) is 0 Å². The van der Waals surface area contributed by atoms with Crippen molar-refractivity contribution in [1.29, 1.82) is 0 Å². The van der Waals surface area contributed by atoms with Gasteiger partial charge in [0.2, 0.25) is 0 Å². The van der Waals surface area contributed by atoms with Crippen molar-refractivity contribution in [2.24, 2.45) is 0 Å². The summed E-state index contributed by atoms with van der Waals surface area (Å²) in [5, 5.41) is 3.55. The number of aryl methyl sites for hydroxylation is 1. The molecule has 2 rings (SSSR count). The molecule has 0 saturated carbocycles. The van der Waals surface area contributed by atoms with E-state index in [4.69, 9.17) is 0 Å². The smallest absolute Gasteiger partial charge is 0.0323 e. The van der Waals surface area contributed by atoms with Crippen LogP contribution in [0.3, 0.4) is 0 Å². The highest BCUT2D eigenvalue weighted by atomic mass is 79.9. The van der Waals surface area contributed by atoms with Crippen molar-refractivity contribution in [3.63, 3.8) is 0 Å². The molecule has 1 aromatic rings. The van der Waals surface area contributed by atoms with Crippen LogP contribution in [-0.2, 0) is 6.42 Å². The van der Waals surface area contributed by atoms with E-state index in [9.17, 15) is 0 Å². The molecule has 0 aromatic heterocycles. The van der Waals surface area contributed by atoms with E-state index in [-0.39, 0.29) is 0 Å². The van der Waals surface area contributed by atoms with Gasteiger partial charge in [0.15, 0.2) is 0 Å². The van der Waals surface area contributed by atoms with E-state index in [1.807, 2.05) is 0 Å². The summed E-state index contributed by atoms with van der Waals surface area (Å²) in [4.78, 5) is 0. The molecule has 0 heterocycles. The van der Waals surface area contributed by atoms with E-state index >= 15 is 0 Å². The first-order chi connectivity index (χ1) is 6.81. The van der Waals surface area contributed by atoms with Crippen LogP contribution in [0.15, 0.2) is 22.7 Å². The molecule has 1 aliphatic rings. The third-order valence-electron chi connectivity index (χ3n) is 2.87. The average Bonchev–Trinajstić information content (AvgIpc) is 2.19. The van der Waals surface area contributed by atoms with Crippen LogP contribution in [0.5, 0.6) is 0 Å². The van der Waals surface area contributed by atoms with Crippen molar-refractivity contribution in [2.75, 3.05) is 6.54 Å². The lowest BCUT2D eigenvalue weighted by molar-refractivity contribution is 0.471. The Morgan fingerprint density at radius 1 is 1.50 bits per heavy atom. The van der Waals surface area contributed by atoms with E-state index in [1.165, 1.54) is 34.9 Å². The molecule has 14 heavy (non-hydrogen) atoms. The molecule has 0 spiro atoms. The Bertz CT molecular complexity index is 322. The van der Waals surface area contributed by atoms with Gasteiger partial charge in [0, 0.05) is 10.5 Å². The molecular weight excluding hydrogens is 238 g/mol. The molecule has 1 aromatic carbocycles. The SMILES string of the molecule is CCNC1CCCc2ccc(Br)cc21. The van der Waals surface area contributed by atoms with E-state index in [2.05, 4.69) is 46.4 Å². The Hall–Kier alpha value is -0.340. The topological polar surface area (TPSA) is 12.0 Å². The number of benzene rings is 1. The molecule has 0 amide bonds. The van der Waals surface area contributed by atoms with Crippen LogP contribution in [0.25, 0.3) is 0 Å². The van der Waals surface area contributed by atoms with Gasteiger partial charge in [0.25, 0.3) is 0 Å². The van der Waals surface area contributed by atoms with Gasteiger partial charge in [0.05, 0.1) is 0 Å². The highest BCUT2D eigenvalue weighted by Gasteiger charge is 2.18. The first-order valence-corrected chi connectivity index (χ1v) is 6.12. The molecule has 1 N–H and O–H groups in total. The lowest BCUT2D eigenvalue weighted by Crippen LogP contribution is -2.24. The summed E-state index contributed by atoms with van der Waals surface area (Å²) >= 11 is 3.54. The van der Waals surface area contributed by atoms with Gasteiger partial charge in [-0.15, -0.1) is 0 Å². The number of hydrogen-bond acceptors (Lipinski definition) is 1. The molecule has 0 aliphatic heterocycles. The largest absolute Gasteiger partial charge is 0.310 e. The fourth-order valence-corrected chi connectivity index (χ4v) is 2.61. The summed E-state index contributed by atoms with van der Waals surface area (Å²) in [6, 6.07) is 7.24. The second-order valence-corrected chi connectivity index (χ2v) is 4.76. The highest BCUT2D eigenvalue weighted by molar-refractivity contribution is 9.10. The zero-order chi connectivity index (χ0) is 9.97. The van der Waals surface area contributed by atoms with Crippen LogP contribution in [0, 0.1) is 0 Å². The van der Waals surface area contributed by atoms with Crippen molar-refractivity contribution in [3.05, 3.63) is 33.8 Å². The molecule has 2 heteroatoms. The van der Waals surface area contributed by atoms with Crippen molar-refractivity contribution >= 4 is 15.9 Å². The Morgan fingerprint density at radius 3 is 3.14 bits per heavy atom. The monoisotopic (exact) mass is 253 g/mol. The Kier molecular flexibility index (Phi) is 3.24. The lowest BCUT2D eigenvalue weighted by Gasteiger charge is -2.26. The van der Waals surface area contributed by atoms with Crippen molar-refractivity contribution in [1.82, 2.24) is 5.32 Å². The normalized spacial score (nSPS) is 20.6. The van der Waals surface area contributed by atoms with Crippen molar-refractivity contribution < 1.29 is 0 Å². The molecule has 0 radical (unpaired) electrons. The fourth-order valence-electron chi connectivity index (χ4n) is 2.23. The molecular formula is C12H16BrN. The summed E-state index contributed by atoms with van der Waals surface area (Å²) < 4.78 is 1.20. The van der Waals surface area contributed by atoms with Crippen molar-refractivity contribution in [3.8, 4) is 0 Å². The van der Waals surface area contributed by atoms with Gasteiger partial charge >= 0.3 is 0 Å². The average molecular weight is 254 g/mol. The van der Waals surface area contributed by atoms with Gasteiger partial charge in [-0.1, -0.05) is 28.9 Å². The summed E-state index contributed by atoms with van der Waals surface area (Å²) in [5.41, 5.74) is 3.01. The molecule has 1 unspecified atom stereocenters. The Labute approximate surface area is 94.0 Å². The molecule has 1 nitrogen and oxygen atoms in total. The Balaban J connectivity index is 2.32. The van der Waals surface area contributed by atoms with E-state index in [1.54, 1.807) is 0 Å². The van der Waals surface area contributed by atoms with Gasteiger partial charge in [-0.05, 0) is 49.1 Å². The minimum atomic E-state index is 0.571. The van der Waals surface area contributed by atoms with Crippen LogP contribution >= 0.6 is 15.9 Å². The summed E-state index contributed by atoms with van der Waals surface area (Å²) in [6.45, 7) is 3.23. The van der Waals surface area contributed by atoms with Gasteiger partial charge in [-0.25, -0.2) is 0 Å². The van der Waals surface area contributed by atoms with Crippen LogP contribution < -0.4 is 5.32 Å². The molecule has 0 fully saturated rings. The lowest BCUT2D eigenvalue weighted by atomic mass is 9.88. The van der Waals surface area contributed by atoms with Crippen LogP contribution in [0.4, 0.5) is 0 Å². The van der Waals surface area contributed by atoms with Crippen molar-refractivity contribution in [2.45, 2.75) is 32.2 Å². The zero-order valence-corrected chi connectivity index (χ0v) is 10.1. The minimum Gasteiger partial charge on any atom is -0.310 e. The molecule has 1 aliphatic carbocycles. The summed E-state index contributed by atoms with van der Waals surface area (Å²) in [6.07, 6.45) is 3.83. The minimum absolute atomic E-state index is 0.571. The maximum absolute atomic E-state index is 3.55. The quantitative estimate of drug-likeness (QED) is 0.852. The predicted molar refractivity (Wildman–Crippen MR) is 63.5 cm³/mol. The summed E-state index contributed by atoms with van der Waals surface area (Å²) in [7, 11) is 0. The first kappa shape index (κ1) is 10.2. The van der Waals surface area contributed by atoms with Crippen LogP contribution in [0.2, 0.25) is 0 Å². The molecule has 0 bridgehead atoms. The zero-order valence-electron chi connectivity index (χ0n) is 8.52. The number of hydrogen-bond donors (Lipinski definition) is 1. The highest BCUT2D eigenvalue weighted by Crippen LogP contribution is 2.31. The summed E-state index contributed by atoms with van der Waals surface area (Å²) in [5.74, 6) is 0. The van der Waals surface area contributed by atoms with Crippen LogP contribution in [-0.4, -0.2) is 6.54 Å². The van der Waals surface area contributed by atoms with E-state index < -0.39 is 0 Å². The Morgan fingerprint density at radius 2 is 2.36 bits per heavy atom. The third-order valence-corrected chi connectivity index (χ3v) is 3.37. The van der Waals surface area contributed by atoms with Gasteiger partial charge in [-0.3, -0.25) is 0 Å². The molecule has 76 valence electrons. The number of fused-ring (bicyclic) bond motifs is 1. The molecule has 0 saturated heterocycles. The maximum Gasteiger partial charge on any atom is 0.0323 e. The van der Waals surface area contributed by atoms with E-state index in [0.717, 1.165) is 6.54 Å². The molecule has 1 atom stereocenters. The third kappa shape index (κ3) is 2.01. The number of rotatable bonds is 2. The second kappa shape index (κ2) is 4.45. The van der Waals surface area contributed by atoms with Crippen LogP contribution in [0.1, 0.15) is 36.9 Å². The standard InChI is InChI=1S/C12H16BrN/c1-2-14-12-5-3-4-9-6-7-10(13)8-11(9)12/h6-8,12,14H,2-5H2,1H3. The number of nitrogens with one attached hydrogen (secondary N) is 1. The predicted octanol–water partition coefficient (Wildman–Crippen LogP) is 3.44. The van der Waals surface area contributed by atoms with E-state index in [0.29, 0.717) is 6.04 Å². The second-order valence-electron chi connectivity index (χ2n) is 3.85. The van der Waals surface area contributed by atoms with Gasteiger partial charge in [0.1, 0.15) is 0 Å². The maximum atomic E-state index is 3.55. The fraction of sp³-hybridized carbons (Fsp3) is 0.500. The first-order valence-electron chi connectivity index (χ1n) is 5.33.